The molecule has 0 bridgehead atoms. The molecule has 0 aliphatic heterocycles. The van der Waals surface area contributed by atoms with E-state index in [0.717, 1.165) is 43.7 Å². The van der Waals surface area contributed by atoms with Crippen LogP contribution in [0.15, 0.2) is 11.7 Å². The third kappa shape index (κ3) is 3.26. The van der Waals surface area contributed by atoms with E-state index in [0.29, 0.717) is 5.13 Å². The van der Waals surface area contributed by atoms with Crippen molar-refractivity contribution in [3.05, 3.63) is 23.2 Å². The third-order valence-electron chi connectivity index (χ3n) is 2.56. The third-order valence-corrected chi connectivity index (χ3v) is 3.29. The molecule has 5 nitrogen and oxygen atoms in total. The standard InChI is InChI=1S/C11H17N5S/c1-2-6-16-8-13-15-10(16)5-3-4-9-7-17-11(12)14-9/h7-8H,2-6H2,1H3,(H2,12,14). The Bertz CT molecular complexity index is 462. The van der Waals surface area contributed by atoms with Crippen molar-refractivity contribution in [2.24, 2.45) is 0 Å². The van der Waals surface area contributed by atoms with Gasteiger partial charge in [-0.25, -0.2) is 4.98 Å². The molecule has 0 aliphatic carbocycles. The van der Waals surface area contributed by atoms with E-state index in [4.69, 9.17) is 5.73 Å². The molecular weight excluding hydrogens is 234 g/mol. The lowest BCUT2D eigenvalue weighted by molar-refractivity contribution is 0.621. The number of anilines is 1. The van der Waals surface area contributed by atoms with Crippen LogP contribution in [0.25, 0.3) is 0 Å². The van der Waals surface area contributed by atoms with Gasteiger partial charge in [0.2, 0.25) is 0 Å². The Kier molecular flexibility index (Phi) is 4.08. The van der Waals surface area contributed by atoms with Gasteiger partial charge in [0.05, 0.1) is 5.69 Å². The Morgan fingerprint density at radius 2 is 2.29 bits per heavy atom. The van der Waals surface area contributed by atoms with Crippen LogP contribution in [0.5, 0.6) is 0 Å². The van der Waals surface area contributed by atoms with E-state index in [1.165, 1.54) is 11.3 Å². The predicted molar refractivity (Wildman–Crippen MR) is 68.9 cm³/mol. The first-order valence-corrected chi connectivity index (χ1v) is 6.74. The summed E-state index contributed by atoms with van der Waals surface area (Å²) in [5.41, 5.74) is 6.67. The van der Waals surface area contributed by atoms with Crippen LogP contribution in [0.2, 0.25) is 0 Å². The number of hydrogen-bond donors (Lipinski definition) is 1. The van der Waals surface area contributed by atoms with Crippen LogP contribution >= 0.6 is 11.3 Å². The van der Waals surface area contributed by atoms with E-state index < -0.39 is 0 Å². The smallest absolute Gasteiger partial charge is 0.180 e. The van der Waals surface area contributed by atoms with Crippen LogP contribution in [0, 0.1) is 0 Å². The quantitative estimate of drug-likeness (QED) is 0.851. The zero-order valence-electron chi connectivity index (χ0n) is 9.96. The van der Waals surface area contributed by atoms with Gasteiger partial charge in [0.1, 0.15) is 12.2 Å². The molecule has 92 valence electrons. The van der Waals surface area contributed by atoms with Gasteiger partial charge in [0, 0.05) is 18.3 Å². The van der Waals surface area contributed by atoms with E-state index in [9.17, 15) is 0 Å². The molecule has 2 rings (SSSR count). The van der Waals surface area contributed by atoms with Crippen molar-refractivity contribution in [2.75, 3.05) is 5.73 Å². The summed E-state index contributed by atoms with van der Waals surface area (Å²) in [5, 5.41) is 10.8. The fourth-order valence-corrected chi connectivity index (χ4v) is 2.36. The molecule has 0 spiro atoms. The summed E-state index contributed by atoms with van der Waals surface area (Å²) >= 11 is 1.50. The summed E-state index contributed by atoms with van der Waals surface area (Å²) in [6.45, 7) is 3.15. The van der Waals surface area contributed by atoms with Gasteiger partial charge in [-0.05, 0) is 19.3 Å². The number of hydrogen-bond acceptors (Lipinski definition) is 5. The Hall–Kier alpha value is -1.43. The molecule has 2 heterocycles. The normalized spacial score (nSPS) is 10.9. The highest BCUT2D eigenvalue weighted by Crippen LogP contribution is 2.13. The molecule has 2 aromatic heterocycles. The Morgan fingerprint density at radius 1 is 1.41 bits per heavy atom. The highest BCUT2D eigenvalue weighted by molar-refractivity contribution is 7.13. The molecule has 0 saturated heterocycles. The van der Waals surface area contributed by atoms with Crippen LogP contribution < -0.4 is 5.73 Å². The monoisotopic (exact) mass is 251 g/mol. The summed E-state index contributed by atoms with van der Waals surface area (Å²) < 4.78 is 2.12. The molecule has 0 atom stereocenters. The number of nitrogens with two attached hydrogens (primary N) is 1. The molecule has 0 amide bonds. The van der Waals surface area contributed by atoms with E-state index in [1.54, 1.807) is 6.33 Å². The summed E-state index contributed by atoms with van der Waals surface area (Å²) in [5.74, 6) is 1.06. The number of nitrogen functional groups attached to an aromatic ring is 1. The van der Waals surface area contributed by atoms with Gasteiger partial charge in [-0.1, -0.05) is 6.92 Å². The van der Waals surface area contributed by atoms with Gasteiger partial charge in [-0.2, -0.15) is 0 Å². The van der Waals surface area contributed by atoms with Crippen LogP contribution in [-0.2, 0) is 19.4 Å². The molecule has 0 saturated carbocycles. The second kappa shape index (κ2) is 5.77. The van der Waals surface area contributed by atoms with Gasteiger partial charge in [0.15, 0.2) is 5.13 Å². The molecule has 0 unspecified atom stereocenters. The Labute approximate surface area is 105 Å². The van der Waals surface area contributed by atoms with Crippen LogP contribution in [0.4, 0.5) is 5.13 Å². The van der Waals surface area contributed by atoms with Crippen molar-refractivity contribution in [3.63, 3.8) is 0 Å². The topological polar surface area (TPSA) is 69.6 Å². The van der Waals surface area contributed by atoms with E-state index >= 15 is 0 Å². The number of nitrogens with zero attached hydrogens (tertiary/aromatic N) is 4. The first-order valence-electron chi connectivity index (χ1n) is 5.86. The minimum absolute atomic E-state index is 0.647. The van der Waals surface area contributed by atoms with Gasteiger partial charge in [0.25, 0.3) is 0 Å². The number of rotatable bonds is 6. The maximum atomic E-state index is 5.59. The minimum Gasteiger partial charge on any atom is -0.375 e. The molecule has 0 aromatic carbocycles. The van der Waals surface area contributed by atoms with Crippen molar-refractivity contribution in [2.45, 2.75) is 39.2 Å². The second-order valence-corrected chi connectivity index (χ2v) is 4.86. The summed E-state index contributed by atoms with van der Waals surface area (Å²) in [6.07, 6.45) is 5.84. The van der Waals surface area contributed by atoms with Gasteiger partial charge in [-0.3, -0.25) is 0 Å². The van der Waals surface area contributed by atoms with Crippen LogP contribution in [0.3, 0.4) is 0 Å². The van der Waals surface area contributed by atoms with Crippen molar-refractivity contribution >= 4 is 16.5 Å². The maximum absolute atomic E-state index is 5.59. The molecule has 17 heavy (non-hydrogen) atoms. The lowest BCUT2D eigenvalue weighted by atomic mass is 10.2. The Morgan fingerprint density at radius 3 is 3.00 bits per heavy atom. The van der Waals surface area contributed by atoms with Crippen molar-refractivity contribution in [3.8, 4) is 0 Å². The predicted octanol–water partition coefficient (Wildman–Crippen LogP) is 1.90. The lowest BCUT2D eigenvalue weighted by Crippen LogP contribution is -2.03. The summed E-state index contributed by atoms with van der Waals surface area (Å²) in [7, 11) is 0. The number of aromatic nitrogens is 4. The van der Waals surface area contributed by atoms with Gasteiger partial charge < -0.3 is 10.3 Å². The summed E-state index contributed by atoms with van der Waals surface area (Å²) in [6, 6.07) is 0. The van der Waals surface area contributed by atoms with Gasteiger partial charge in [-0.15, -0.1) is 21.5 Å². The van der Waals surface area contributed by atoms with E-state index in [2.05, 4.69) is 26.7 Å². The second-order valence-electron chi connectivity index (χ2n) is 3.97. The number of thiazole rings is 1. The molecule has 2 N–H and O–H groups in total. The van der Waals surface area contributed by atoms with Crippen molar-refractivity contribution < 1.29 is 0 Å². The average Bonchev–Trinajstić information content (AvgIpc) is 2.90. The molecule has 0 aliphatic rings. The van der Waals surface area contributed by atoms with Crippen molar-refractivity contribution in [1.29, 1.82) is 0 Å². The first-order chi connectivity index (χ1) is 8.29. The van der Waals surface area contributed by atoms with Crippen LogP contribution in [-0.4, -0.2) is 19.7 Å². The van der Waals surface area contributed by atoms with E-state index in [-0.39, 0.29) is 0 Å². The van der Waals surface area contributed by atoms with E-state index in [1.807, 2.05) is 5.38 Å². The zero-order valence-corrected chi connectivity index (χ0v) is 10.8. The highest BCUT2D eigenvalue weighted by Gasteiger charge is 2.04. The minimum atomic E-state index is 0.647. The maximum Gasteiger partial charge on any atom is 0.180 e. The lowest BCUT2D eigenvalue weighted by Gasteiger charge is -2.03. The molecule has 6 heteroatoms. The average molecular weight is 251 g/mol. The molecule has 2 aromatic rings. The fourth-order valence-electron chi connectivity index (χ4n) is 1.77. The first kappa shape index (κ1) is 12.0. The molecular formula is C11H17N5S. The Balaban J connectivity index is 1.83. The fraction of sp³-hybridized carbons (Fsp3) is 0.545. The molecule has 0 fully saturated rings. The largest absolute Gasteiger partial charge is 0.375 e. The van der Waals surface area contributed by atoms with Crippen LogP contribution in [0.1, 0.15) is 31.3 Å². The molecule has 0 radical (unpaired) electrons. The highest BCUT2D eigenvalue weighted by atomic mass is 32.1. The zero-order chi connectivity index (χ0) is 12.1. The summed E-state index contributed by atoms with van der Waals surface area (Å²) in [4.78, 5) is 4.24. The van der Waals surface area contributed by atoms with Crippen molar-refractivity contribution in [1.82, 2.24) is 19.7 Å². The van der Waals surface area contributed by atoms with Gasteiger partial charge >= 0.3 is 0 Å². The SMILES string of the molecule is CCCn1cnnc1CCCc1csc(N)n1. The number of aryl methyl sites for hydroxylation is 3.